The monoisotopic (exact) mass is 529 g/mol. The van der Waals surface area contributed by atoms with Gasteiger partial charge in [-0.3, -0.25) is 0 Å². The molecule has 1 heterocycles. The van der Waals surface area contributed by atoms with E-state index in [1.165, 1.54) is 0 Å². The highest BCUT2D eigenvalue weighted by Gasteiger charge is 2.14. The Balaban J connectivity index is 0.00000320. The van der Waals surface area contributed by atoms with Crippen LogP contribution < -0.4 is 34.3 Å². The van der Waals surface area contributed by atoms with Crippen LogP contribution in [0, 0.1) is 0 Å². The first kappa shape index (κ1) is 23.7. The minimum Gasteiger partial charge on any atom is -0.493 e. The summed E-state index contributed by atoms with van der Waals surface area (Å²) in [5.74, 6) is 4.03. The van der Waals surface area contributed by atoms with Crippen LogP contribution in [0.25, 0.3) is 0 Å². The Bertz CT molecular complexity index is 851. The topological polar surface area (TPSA) is 82.6 Å². The molecule has 3 rings (SSSR count). The molecule has 9 heteroatoms. The number of benzene rings is 2. The van der Waals surface area contributed by atoms with E-state index in [0.29, 0.717) is 36.3 Å². The summed E-state index contributed by atoms with van der Waals surface area (Å²) in [6.07, 6.45) is 0. The lowest BCUT2D eigenvalue weighted by atomic mass is 10.2. The van der Waals surface area contributed by atoms with Crippen LogP contribution in [0.3, 0.4) is 0 Å². The van der Waals surface area contributed by atoms with Gasteiger partial charge in [0, 0.05) is 13.1 Å². The van der Waals surface area contributed by atoms with Crippen molar-refractivity contribution in [3.63, 3.8) is 0 Å². The third kappa shape index (κ3) is 5.74. The number of hydrogen-bond acceptors (Lipinski definition) is 6. The van der Waals surface area contributed by atoms with E-state index in [2.05, 4.69) is 15.6 Å². The van der Waals surface area contributed by atoms with Crippen molar-refractivity contribution in [2.75, 3.05) is 34.7 Å². The summed E-state index contributed by atoms with van der Waals surface area (Å²) in [5.41, 5.74) is 2.02. The number of nitrogens with one attached hydrogen (secondary N) is 2. The molecule has 164 valence electrons. The molecule has 0 spiro atoms. The summed E-state index contributed by atoms with van der Waals surface area (Å²) in [5, 5.41) is 6.58. The first-order valence-electron chi connectivity index (χ1n) is 9.38. The van der Waals surface area contributed by atoms with Gasteiger partial charge in [-0.2, -0.15) is 0 Å². The van der Waals surface area contributed by atoms with Gasteiger partial charge in [-0.15, -0.1) is 24.0 Å². The summed E-state index contributed by atoms with van der Waals surface area (Å²) in [6, 6.07) is 9.68. The Morgan fingerprint density at radius 2 is 1.63 bits per heavy atom. The molecule has 1 aliphatic rings. The number of nitrogens with zero attached hydrogens (tertiary/aromatic N) is 1. The lowest BCUT2D eigenvalue weighted by molar-refractivity contribution is 0.174. The Hall–Kier alpha value is -2.56. The predicted octanol–water partition coefficient (Wildman–Crippen LogP) is 3.31. The lowest BCUT2D eigenvalue weighted by Crippen LogP contribution is -2.36. The summed E-state index contributed by atoms with van der Waals surface area (Å²) in [7, 11) is 4.78. The van der Waals surface area contributed by atoms with Gasteiger partial charge in [0.2, 0.25) is 12.5 Å². The minimum absolute atomic E-state index is 0. The molecule has 0 saturated heterocycles. The molecule has 0 unspecified atom stereocenters. The van der Waals surface area contributed by atoms with Crippen LogP contribution in [0.15, 0.2) is 35.3 Å². The summed E-state index contributed by atoms with van der Waals surface area (Å²) < 4.78 is 27.0. The van der Waals surface area contributed by atoms with Crippen molar-refractivity contribution in [3.8, 4) is 28.7 Å². The fourth-order valence-corrected chi connectivity index (χ4v) is 2.98. The van der Waals surface area contributed by atoms with E-state index in [0.717, 1.165) is 29.2 Å². The van der Waals surface area contributed by atoms with Crippen molar-refractivity contribution >= 4 is 29.9 Å². The molecule has 2 aromatic rings. The molecule has 0 aliphatic carbocycles. The average molecular weight is 529 g/mol. The zero-order valence-corrected chi connectivity index (χ0v) is 19.9. The van der Waals surface area contributed by atoms with Crippen LogP contribution in [0.2, 0.25) is 0 Å². The molecule has 1 aliphatic heterocycles. The molecular weight excluding hydrogens is 501 g/mol. The van der Waals surface area contributed by atoms with E-state index in [4.69, 9.17) is 23.7 Å². The summed E-state index contributed by atoms with van der Waals surface area (Å²) in [6.45, 7) is 4.11. The number of rotatable bonds is 8. The van der Waals surface area contributed by atoms with Gasteiger partial charge in [-0.05, 0) is 42.3 Å². The van der Waals surface area contributed by atoms with Crippen LogP contribution in [-0.4, -0.2) is 40.6 Å². The van der Waals surface area contributed by atoms with Gasteiger partial charge in [0.15, 0.2) is 29.0 Å². The fraction of sp³-hybridized carbons (Fsp3) is 0.381. The largest absolute Gasteiger partial charge is 0.493 e. The molecule has 0 saturated carbocycles. The second-order valence-electron chi connectivity index (χ2n) is 6.27. The number of aliphatic imine (C=N–C) groups is 1. The highest BCUT2D eigenvalue weighted by molar-refractivity contribution is 14.0. The molecular formula is C21H28IN3O5. The standard InChI is InChI=1S/C21H27N3O5.HI/c1-5-22-21(23-11-14-6-7-16-17(8-14)29-13-28-16)24-12-15-9-18(25-2)20(27-4)19(10-15)26-3;/h6-10H,5,11-13H2,1-4H3,(H2,22,23,24);1H. The number of fused-ring (bicyclic) bond motifs is 1. The molecule has 0 amide bonds. The van der Waals surface area contributed by atoms with Gasteiger partial charge in [0.25, 0.3) is 0 Å². The maximum atomic E-state index is 5.43. The third-order valence-electron chi connectivity index (χ3n) is 4.39. The van der Waals surface area contributed by atoms with Gasteiger partial charge in [-0.1, -0.05) is 6.07 Å². The zero-order chi connectivity index (χ0) is 20.6. The molecule has 0 aromatic heterocycles. The second kappa shape index (κ2) is 11.6. The predicted molar refractivity (Wildman–Crippen MR) is 126 cm³/mol. The number of hydrogen-bond donors (Lipinski definition) is 2. The Morgan fingerprint density at radius 3 is 2.27 bits per heavy atom. The Morgan fingerprint density at radius 1 is 0.933 bits per heavy atom. The van der Waals surface area contributed by atoms with Crippen molar-refractivity contribution in [3.05, 3.63) is 41.5 Å². The van der Waals surface area contributed by atoms with Gasteiger partial charge < -0.3 is 34.3 Å². The highest BCUT2D eigenvalue weighted by Crippen LogP contribution is 2.38. The molecule has 8 nitrogen and oxygen atoms in total. The van der Waals surface area contributed by atoms with E-state index in [1.807, 2.05) is 37.3 Å². The number of guanidine groups is 1. The molecule has 0 fully saturated rings. The maximum absolute atomic E-state index is 5.43. The van der Waals surface area contributed by atoms with Crippen LogP contribution in [-0.2, 0) is 13.1 Å². The van der Waals surface area contributed by atoms with Gasteiger partial charge in [0.05, 0.1) is 27.9 Å². The van der Waals surface area contributed by atoms with Crippen LogP contribution in [0.1, 0.15) is 18.1 Å². The first-order valence-corrected chi connectivity index (χ1v) is 9.38. The van der Waals surface area contributed by atoms with E-state index < -0.39 is 0 Å². The van der Waals surface area contributed by atoms with Crippen molar-refractivity contribution in [2.45, 2.75) is 20.0 Å². The van der Waals surface area contributed by atoms with Crippen molar-refractivity contribution in [1.82, 2.24) is 10.6 Å². The van der Waals surface area contributed by atoms with Crippen molar-refractivity contribution in [1.29, 1.82) is 0 Å². The highest BCUT2D eigenvalue weighted by atomic mass is 127. The lowest BCUT2D eigenvalue weighted by Gasteiger charge is -2.14. The van der Waals surface area contributed by atoms with Gasteiger partial charge in [-0.25, -0.2) is 4.99 Å². The molecule has 2 aromatic carbocycles. The van der Waals surface area contributed by atoms with E-state index in [9.17, 15) is 0 Å². The number of halogens is 1. The van der Waals surface area contributed by atoms with Crippen LogP contribution in [0.4, 0.5) is 0 Å². The normalized spacial score (nSPS) is 12.1. The summed E-state index contributed by atoms with van der Waals surface area (Å²) in [4.78, 5) is 4.66. The second-order valence-corrected chi connectivity index (χ2v) is 6.27. The van der Waals surface area contributed by atoms with Crippen LogP contribution >= 0.6 is 24.0 Å². The van der Waals surface area contributed by atoms with E-state index >= 15 is 0 Å². The van der Waals surface area contributed by atoms with E-state index in [1.54, 1.807) is 21.3 Å². The molecule has 0 radical (unpaired) electrons. The molecule has 0 bridgehead atoms. The number of ether oxygens (including phenoxy) is 5. The van der Waals surface area contributed by atoms with Crippen LogP contribution in [0.5, 0.6) is 28.7 Å². The molecule has 30 heavy (non-hydrogen) atoms. The SMILES string of the molecule is CCNC(=NCc1cc(OC)c(OC)c(OC)c1)NCc1ccc2c(c1)OCO2.I. The fourth-order valence-electron chi connectivity index (χ4n) is 2.98. The van der Waals surface area contributed by atoms with Gasteiger partial charge >= 0.3 is 0 Å². The maximum Gasteiger partial charge on any atom is 0.231 e. The Labute approximate surface area is 193 Å². The van der Waals surface area contributed by atoms with Crippen molar-refractivity contribution in [2.24, 2.45) is 4.99 Å². The van der Waals surface area contributed by atoms with Crippen molar-refractivity contribution < 1.29 is 23.7 Å². The molecule has 0 atom stereocenters. The van der Waals surface area contributed by atoms with E-state index in [-0.39, 0.29) is 30.8 Å². The average Bonchev–Trinajstić information content (AvgIpc) is 3.22. The molecule has 2 N–H and O–H groups in total. The Kier molecular flexibility index (Phi) is 9.15. The smallest absolute Gasteiger partial charge is 0.231 e. The third-order valence-corrected chi connectivity index (χ3v) is 4.39. The zero-order valence-electron chi connectivity index (χ0n) is 17.6. The minimum atomic E-state index is 0. The first-order chi connectivity index (χ1) is 14.2. The number of methoxy groups -OCH3 is 3. The quantitative estimate of drug-likeness (QED) is 0.309. The summed E-state index contributed by atoms with van der Waals surface area (Å²) >= 11 is 0. The van der Waals surface area contributed by atoms with Gasteiger partial charge in [0.1, 0.15) is 0 Å².